The van der Waals surface area contributed by atoms with Crippen molar-refractivity contribution in [1.82, 2.24) is 15.3 Å². The lowest BCUT2D eigenvalue weighted by atomic mass is 10.3. The molecule has 0 bridgehead atoms. The Kier molecular flexibility index (Phi) is 4.45. The van der Waals surface area contributed by atoms with Gasteiger partial charge in [0.15, 0.2) is 0 Å². The fourth-order valence-electron chi connectivity index (χ4n) is 1.46. The molecule has 0 unspecified atom stereocenters. The topological polar surface area (TPSA) is 78.3 Å². The predicted octanol–water partition coefficient (Wildman–Crippen LogP) is 0.00620. The number of carboxylic acids is 1. The van der Waals surface area contributed by atoms with E-state index in [2.05, 4.69) is 15.3 Å². The minimum absolute atomic E-state index is 0. The van der Waals surface area contributed by atoms with Crippen LogP contribution in [0.25, 0.3) is 0 Å². The van der Waals surface area contributed by atoms with Gasteiger partial charge in [-0.05, 0) is 0 Å². The Bertz CT molecular complexity index is 351. The zero-order valence-corrected chi connectivity index (χ0v) is 9.40. The van der Waals surface area contributed by atoms with Crippen LogP contribution < -0.4 is 10.2 Å². The molecule has 2 N–H and O–H groups in total. The van der Waals surface area contributed by atoms with Crippen molar-refractivity contribution in [2.24, 2.45) is 0 Å². The fraction of sp³-hybridized carbons (Fsp3) is 0.444. The molecule has 1 fully saturated rings. The molecule has 0 radical (unpaired) electrons. The van der Waals surface area contributed by atoms with Crippen molar-refractivity contribution in [2.75, 3.05) is 31.1 Å². The summed E-state index contributed by atoms with van der Waals surface area (Å²) in [6.07, 6.45) is 2.68. The Hall–Kier alpha value is -1.40. The second kappa shape index (κ2) is 5.62. The Morgan fingerprint density at radius 1 is 1.31 bits per heavy atom. The molecule has 7 heteroatoms. The molecule has 0 spiro atoms. The van der Waals surface area contributed by atoms with Crippen LogP contribution in [0.15, 0.2) is 12.4 Å². The van der Waals surface area contributed by atoms with E-state index in [1.807, 2.05) is 4.90 Å². The third-order valence-electron chi connectivity index (χ3n) is 2.28. The van der Waals surface area contributed by atoms with E-state index in [0.717, 1.165) is 26.2 Å². The summed E-state index contributed by atoms with van der Waals surface area (Å²) in [7, 11) is 0. The van der Waals surface area contributed by atoms with Crippen LogP contribution in [0.4, 0.5) is 5.95 Å². The van der Waals surface area contributed by atoms with Crippen molar-refractivity contribution in [3.8, 4) is 0 Å². The van der Waals surface area contributed by atoms with Crippen molar-refractivity contribution in [1.29, 1.82) is 0 Å². The van der Waals surface area contributed by atoms with Gasteiger partial charge in [0.2, 0.25) is 5.95 Å². The van der Waals surface area contributed by atoms with Crippen molar-refractivity contribution >= 4 is 24.3 Å². The molecule has 0 aliphatic carbocycles. The number of hydrogen-bond donors (Lipinski definition) is 2. The Morgan fingerprint density at radius 3 is 2.38 bits per heavy atom. The van der Waals surface area contributed by atoms with Gasteiger partial charge < -0.3 is 15.3 Å². The maximum absolute atomic E-state index is 10.6. The van der Waals surface area contributed by atoms with E-state index in [4.69, 9.17) is 5.11 Å². The van der Waals surface area contributed by atoms with E-state index in [-0.39, 0.29) is 18.0 Å². The van der Waals surface area contributed by atoms with Gasteiger partial charge in [0.25, 0.3) is 0 Å². The summed E-state index contributed by atoms with van der Waals surface area (Å²) < 4.78 is 0. The summed E-state index contributed by atoms with van der Waals surface area (Å²) in [5.74, 6) is -0.400. The van der Waals surface area contributed by atoms with Crippen molar-refractivity contribution in [3.63, 3.8) is 0 Å². The molecule has 2 heterocycles. The number of anilines is 1. The summed E-state index contributed by atoms with van der Waals surface area (Å²) in [5.41, 5.74) is 0.119. The summed E-state index contributed by atoms with van der Waals surface area (Å²) >= 11 is 0. The van der Waals surface area contributed by atoms with Crippen LogP contribution in [0.2, 0.25) is 0 Å². The SMILES string of the molecule is Cl.O=C(O)c1cnc(N2CCNCC2)nc1. The molecule has 2 rings (SSSR count). The first-order chi connectivity index (χ1) is 7.27. The summed E-state index contributed by atoms with van der Waals surface area (Å²) in [6.45, 7) is 3.52. The van der Waals surface area contributed by atoms with Crippen molar-refractivity contribution < 1.29 is 9.90 Å². The number of hydrogen-bond acceptors (Lipinski definition) is 5. The largest absolute Gasteiger partial charge is 0.478 e. The van der Waals surface area contributed by atoms with Gasteiger partial charge in [-0.2, -0.15) is 0 Å². The molecular formula is C9H13ClN4O2. The van der Waals surface area contributed by atoms with Gasteiger partial charge in [0.05, 0.1) is 5.56 Å². The van der Waals surface area contributed by atoms with Gasteiger partial charge in [0.1, 0.15) is 0 Å². The van der Waals surface area contributed by atoms with Crippen LogP contribution >= 0.6 is 12.4 Å². The van der Waals surface area contributed by atoms with E-state index in [0.29, 0.717) is 5.95 Å². The maximum Gasteiger partial charge on any atom is 0.338 e. The Balaban J connectivity index is 0.00000128. The Labute approximate surface area is 99.1 Å². The Morgan fingerprint density at radius 2 is 1.88 bits per heavy atom. The number of carbonyl (C=O) groups is 1. The molecule has 0 atom stereocenters. The van der Waals surface area contributed by atoms with Gasteiger partial charge in [-0.25, -0.2) is 14.8 Å². The van der Waals surface area contributed by atoms with Crippen LogP contribution in [0, 0.1) is 0 Å². The molecule has 1 saturated heterocycles. The van der Waals surface area contributed by atoms with E-state index in [1.165, 1.54) is 12.4 Å². The minimum Gasteiger partial charge on any atom is -0.478 e. The summed E-state index contributed by atoms with van der Waals surface area (Å²) in [4.78, 5) is 20.7. The predicted molar refractivity (Wildman–Crippen MR) is 61.3 cm³/mol. The maximum atomic E-state index is 10.6. The average Bonchev–Trinajstić information content (AvgIpc) is 2.30. The van der Waals surface area contributed by atoms with Gasteiger partial charge >= 0.3 is 5.97 Å². The number of carboxylic acid groups (broad SMARTS) is 1. The van der Waals surface area contributed by atoms with Crippen LogP contribution in [-0.4, -0.2) is 47.2 Å². The number of halogens is 1. The smallest absolute Gasteiger partial charge is 0.338 e. The number of piperazine rings is 1. The molecule has 1 aliphatic rings. The number of nitrogens with one attached hydrogen (secondary N) is 1. The van der Waals surface area contributed by atoms with Gasteiger partial charge in [-0.3, -0.25) is 0 Å². The second-order valence-corrected chi connectivity index (χ2v) is 3.31. The third kappa shape index (κ3) is 2.80. The lowest BCUT2D eigenvalue weighted by Gasteiger charge is -2.27. The summed E-state index contributed by atoms with van der Waals surface area (Å²) in [6, 6.07) is 0. The molecule has 88 valence electrons. The number of nitrogens with zero attached hydrogens (tertiary/aromatic N) is 3. The molecule has 6 nitrogen and oxygen atoms in total. The number of aromatic nitrogens is 2. The first-order valence-electron chi connectivity index (χ1n) is 4.78. The van der Waals surface area contributed by atoms with E-state index >= 15 is 0 Å². The highest BCUT2D eigenvalue weighted by Gasteiger charge is 2.13. The fourth-order valence-corrected chi connectivity index (χ4v) is 1.46. The van der Waals surface area contributed by atoms with Crippen LogP contribution in [0.1, 0.15) is 10.4 Å². The molecular weight excluding hydrogens is 232 g/mol. The lowest BCUT2D eigenvalue weighted by Crippen LogP contribution is -2.44. The zero-order chi connectivity index (χ0) is 10.7. The first-order valence-corrected chi connectivity index (χ1v) is 4.78. The van der Waals surface area contributed by atoms with Crippen molar-refractivity contribution in [2.45, 2.75) is 0 Å². The van der Waals surface area contributed by atoms with Crippen molar-refractivity contribution in [3.05, 3.63) is 18.0 Å². The van der Waals surface area contributed by atoms with Gasteiger partial charge in [-0.15, -0.1) is 12.4 Å². The molecule has 1 aliphatic heterocycles. The molecule has 0 saturated carbocycles. The average molecular weight is 245 g/mol. The normalized spacial score (nSPS) is 15.4. The lowest BCUT2D eigenvalue weighted by molar-refractivity contribution is 0.0696. The number of rotatable bonds is 2. The second-order valence-electron chi connectivity index (χ2n) is 3.31. The molecule has 0 aromatic carbocycles. The highest BCUT2D eigenvalue weighted by molar-refractivity contribution is 5.86. The highest BCUT2D eigenvalue weighted by Crippen LogP contribution is 2.07. The van der Waals surface area contributed by atoms with Crippen LogP contribution in [0.3, 0.4) is 0 Å². The molecule has 1 aromatic heterocycles. The van der Waals surface area contributed by atoms with Crippen LogP contribution in [-0.2, 0) is 0 Å². The standard InChI is InChI=1S/C9H12N4O2.ClH/c14-8(15)7-5-11-9(12-6-7)13-3-1-10-2-4-13;/h5-6,10H,1-4H2,(H,14,15);1H. The zero-order valence-electron chi connectivity index (χ0n) is 8.59. The molecule has 1 aromatic rings. The molecule has 0 amide bonds. The first kappa shape index (κ1) is 12.7. The third-order valence-corrected chi connectivity index (χ3v) is 2.28. The van der Waals surface area contributed by atoms with Gasteiger partial charge in [0, 0.05) is 38.6 Å². The highest BCUT2D eigenvalue weighted by atomic mass is 35.5. The quantitative estimate of drug-likeness (QED) is 0.763. The van der Waals surface area contributed by atoms with Gasteiger partial charge in [-0.1, -0.05) is 0 Å². The monoisotopic (exact) mass is 244 g/mol. The molecule has 16 heavy (non-hydrogen) atoms. The van der Waals surface area contributed by atoms with Crippen LogP contribution in [0.5, 0.6) is 0 Å². The van der Waals surface area contributed by atoms with E-state index < -0.39 is 5.97 Å². The number of aromatic carboxylic acids is 1. The van der Waals surface area contributed by atoms with E-state index in [9.17, 15) is 4.79 Å². The van der Waals surface area contributed by atoms with E-state index in [1.54, 1.807) is 0 Å². The minimum atomic E-state index is -0.998. The summed E-state index contributed by atoms with van der Waals surface area (Å²) in [5, 5.41) is 11.9.